The van der Waals surface area contributed by atoms with Crippen molar-refractivity contribution in [1.82, 2.24) is 20.4 Å². The van der Waals surface area contributed by atoms with Crippen molar-refractivity contribution in [2.45, 2.75) is 43.9 Å². The van der Waals surface area contributed by atoms with Crippen molar-refractivity contribution in [3.8, 4) is 11.5 Å². The van der Waals surface area contributed by atoms with E-state index in [1.165, 1.54) is 0 Å². The first-order chi connectivity index (χ1) is 20.0. The lowest BCUT2D eigenvalue weighted by Crippen LogP contribution is -2.16. The highest BCUT2D eigenvalue weighted by atomic mass is 16.5. The Bertz CT molecular complexity index is 1380. The number of amides is 2. The molecule has 2 N–H and O–H groups in total. The van der Waals surface area contributed by atoms with Gasteiger partial charge < -0.3 is 20.1 Å². The number of methoxy groups -OCH3 is 2. The van der Waals surface area contributed by atoms with E-state index in [9.17, 15) is 9.59 Å². The summed E-state index contributed by atoms with van der Waals surface area (Å²) in [6.45, 7) is 0. The molecule has 0 saturated heterocycles. The summed E-state index contributed by atoms with van der Waals surface area (Å²) in [6.07, 6.45) is 3.24. The van der Waals surface area contributed by atoms with Gasteiger partial charge in [-0.2, -0.15) is 10.2 Å². The molecule has 0 bridgehead atoms. The van der Waals surface area contributed by atoms with Crippen molar-refractivity contribution in [3.05, 3.63) is 95.3 Å². The quantitative estimate of drug-likeness (QED) is 0.290. The number of anilines is 2. The average molecular weight is 553 g/mol. The third-order valence-corrected chi connectivity index (χ3v) is 7.17. The Balaban J connectivity index is 1.11. The summed E-state index contributed by atoms with van der Waals surface area (Å²) in [4.78, 5) is 24.9. The monoisotopic (exact) mass is 552 g/mol. The molecule has 1 aliphatic rings. The number of nitrogens with one attached hydrogen (secondary N) is 2. The van der Waals surface area contributed by atoms with Crippen LogP contribution in [0.2, 0.25) is 0 Å². The Morgan fingerprint density at radius 3 is 1.54 bits per heavy atom. The van der Waals surface area contributed by atoms with E-state index in [-0.39, 0.29) is 36.5 Å². The number of nitrogens with zero attached hydrogens (tertiary/aromatic N) is 4. The number of benzene rings is 2. The standard InChI is InChI=1S/C31H32N6O4/c1-40-24-7-3-5-20(15-24)17-30(38)32-28-13-11-26(34-36-28)22-9-10-23(19-22)27-12-14-29(37-35-27)33-31(39)18-21-6-4-8-25(16-21)41-2/h3-8,11-16,22-23H,9-10,17-19H2,1-2H3,(H,32,36,38)(H,33,37,39). The molecule has 2 unspecified atom stereocenters. The maximum atomic E-state index is 12.5. The fourth-order valence-corrected chi connectivity index (χ4v) is 5.08. The third-order valence-electron chi connectivity index (χ3n) is 7.17. The predicted octanol–water partition coefficient (Wildman–Crippen LogP) is 4.70. The molecule has 210 valence electrons. The van der Waals surface area contributed by atoms with E-state index in [1.807, 2.05) is 60.7 Å². The minimum absolute atomic E-state index is 0.167. The van der Waals surface area contributed by atoms with E-state index in [0.29, 0.717) is 23.1 Å². The first kappa shape index (κ1) is 27.7. The van der Waals surface area contributed by atoms with Crippen LogP contribution in [0.15, 0.2) is 72.8 Å². The van der Waals surface area contributed by atoms with Gasteiger partial charge in [0.25, 0.3) is 0 Å². The molecule has 2 aromatic carbocycles. The zero-order valence-electron chi connectivity index (χ0n) is 23.0. The fraction of sp³-hybridized carbons (Fsp3) is 0.290. The molecule has 0 radical (unpaired) electrons. The van der Waals surface area contributed by atoms with Crippen molar-refractivity contribution in [2.24, 2.45) is 0 Å². The highest BCUT2D eigenvalue weighted by molar-refractivity contribution is 5.91. The molecule has 0 spiro atoms. The second-order valence-corrected chi connectivity index (χ2v) is 10.0. The van der Waals surface area contributed by atoms with Crippen LogP contribution in [0.4, 0.5) is 11.6 Å². The molecule has 5 rings (SSSR count). The van der Waals surface area contributed by atoms with E-state index in [1.54, 1.807) is 26.4 Å². The molecule has 10 heteroatoms. The van der Waals surface area contributed by atoms with Gasteiger partial charge in [-0.25, -0.2) is 0 Å². The molecule has 2 heterocycles. The summed E-state index contributed by atoms with van der Waals surface area (Å²) in [7, 11) is 3.19. The zero-order chi connectivity index (χ0) is 28.6. The molecule has 1 fully saturated rings. The highest BCUT2D eigenvalue weighted by Crippen LogP contribution is 2.42. The average Bonchev–Trinajstić information content (AvgIpc) is 3.48. The van der Waals surface area contributed by atoms with Crippen LogP contribution in [0, 0.1) is 0 Å². The number of hydrogen-bond acceptors (Lipinski definition) is 8. The minimum Gasteiger partial charge on any atom is -0.497 e. The van der Waals surface area contributed by atoms with Gasteiger partial charge >= 0.3 is 0 Å². The number of carbonyl (C=O) groups is 2. The molecule has 4 aromatic rings. The normalized spacial score (nSPS) is 16.1. The molecule has 1 aliphatic carbocycles. The molecule has 10 nitrogen and oxygen atoms in total. The molecule has 1 saturated carbocycles. The van der Waals surface area contributed by atoms with Crippen molar-refractivity contribution < 1.29 is 19.1 Å². The lowest BCUT2D eigenvalue weighted by atomic mass is 9.99. The largest absolute Gasteiger partial charge is 0.497 e. The summed E-state index contributed by atoms with van der Waals surface area (Å²) in [5.41, 5.74) is 3.51. The van der Waals surface area contributed by atoms with Gasteiger partial charge in [-0.15, -0.1) is 10.2 Å². The van der Waals surface area contributed by atoms with Gasteiger partial charge in [-0.3, -0.25) is 9.59 Å². The van der Waals surface area contributed by atoms with Crippen LogP contribution in [-0.2, 0) is 22.4 Å². The van der Waals surface area contributed by atoms with Gasteiger partial charge in [0.2, 0.25) is 11.8 Å². The molecule has 41 heavy (non-hydrogen) atoms. The first-order valence-electron chi connectivity index (χ1n) is 13.5. The second-order valence-electron chi connectivity index (χ2n) is 10.0. The molecule has 2 amide bonds. The smallest absolute Gasteiger partial charge is 0.229 e. The van der Waals surface area contributed by atoms with Crippen molar-refractivity contribution in [3.63, 3.8) is 0 Å². The van der Waals surface area contributed by atoms with E-state index in [4.69, 9.17) is 9.47 Å². The molecule has 2 aromatic heterocycles. The van der Waals surface area contributed by atoms with Gasteiger partial charge in [0, 0.05) is 11.8 Å². The Morgan fingerprint density at radius 1 is 0.683 bits per heavy atom. The lowest BCUT2D eigenvalue weighted by Gasteiger charge is -2.11. The maximum absolute atomic E-state index is 12.5. The predicted molar refractivity (Wildman–Crippen MR) is 154 cm³/mol. The van der Waals surface area contributed by atoms with E-state index in [2.05, 4.69) is 31.0 Å². The van der Waals surface area contributed by atoms with Crippen LogP contribution in [0.3, 0.4) is 0 Å². The number of ether oxygens (including phenoxy) is 2. The zero-order valence-corrected chi connectivity index (χ0v) is 23.0. The van der Waals surface area contributed by atoms with Gasteiger partial charge in [0.15, 0.2) is 11.6 Å². The van der Waals surface area contributed by atoms with Crippen LogP contribution < -0.4 is 20.1 Å². The van der Waals surface area contributed by atoms with E-state index < -0.39 is 0 Å². The summed E-state index contributed by atoms with van der Waals surface area (Å²) in [6, 6.07) is 22.3. The van der Waals surface area contributed by atoms with Gasteiger partial charge in [0.05, 0.1) is 38.4 Å². The summed E-state index contributed by atoms with van der Waals surface area (Å²) in [5.74, 6) is 2.43. The summed E-state index contributed by atoms with van der Waals surface area (Å²) < 4.78 is 10.4. The van der Waals surface area contributed by atoms with Crippen LogP contribution in [0.1, 0.15) is 53.6 Å². The summed E-state index contributed by atoms with van der Waals surface area (Å²) >= 11 is 0. The van der Waals surface area contributed by atoms with Crippen molar-refractivity contribution >= 4 is 23.5 Å². The number of aromatic nitrogens is 4. The van der Waals surface area contributed by atoms with E-state index >= 15 is 0 Å². The van der Waals surface area contributed by atoms with Gasteiger partial charge in [0.1, 0.15) is 11.5 Å². The SMILES string of the molecule is COc1cccc(CC(=O)Nc2ccc(C3CCC(c4ccc(NC(=O)Cc5cccc(OC)c5)nn4)C3)nn2)c1. The maximum Gasteiger partial charge on any atom is 0.229 e. The number of carbonyl (C=O) groups excluding carboxylic acids is 2. The fourth-order valence-electron chi connectivity index (χ4n) is 5.08. The van der Waals surface area contributed by atoms with Gasteiger partial charge in [-0.1, -0.05) is 24.3 Å². The van der Waals surface area contributed by atoms with Crippen molar-refractivity contribution in [2.75, 3.05) is 24.9 Å². The Morgan fingerprint density at radius 2 is 1.15 bits per heavy atom. The third kappa shape index (κ3) is 7.42. The highest BCUT2D eigenvalue weighted by Gasteiger charge is 2.29. The Hall–Kier alpha value is -4.86. The lowest BCUT2D eigenvalue weighted by molar-refractivity contribution is -0.116. The molecular formula is C31H32N6O4. The van der Waals surface area contributed by atoms with Crippen LogP contribution in [0.25, 0.3) is 0 Å². The second kappa shape index (κ2) is 13.0. The Kier molecular flexibility index (Phi) is 8.78. The molecule has 0 aliphatic heterocycles. The van der Waals surface area contributed by atoms with Crippen LogP contribution in [0.5, 0.6) is 11.5 Å². The molecule has 2 atom stereocenters. The number of hydrogen-bond donors (Lipinski definition) is 2. The number of rotatable bonds is 10. The van der Waals surface area contributed by atoms with E-state index in [0.717, 1.165) is 41.8 Å². The van der Waals surface area contributed by atoms with Crippen LogP contribution >= 0.6 is 0 Å². The van der Waals surface area contributed by atoms with Crippen molar-refractivity contribution in [1.29, 1.82) is 0 Å². The Labute approximate surface area is 238 Å². The summed E-state index contributed by atoms with van der Waals surface area (Å²) in [5, 5.41) is 22.9. The topological polar surface area (TPSA) is 128 Å². The first-order valence-corrected chi connectivity index (χ1v) is 13.5. The van der Waals surface area contributed by atoms with Crippen LogP contribution in [-0.4, -0.2) is 46.4 Å². The minimum atomic E-state index is -0.167. The molecular weight excluding hydrogens is 520 g/mol. The van der Waals surface area contributed by atoms with Gasteiger partial charge in [-0.05, 0) is 78.9 Å².